The van der Waals surface area contributed by atoms with Gasteiger partial charge in [-0.15, -0.1) is 0 Å². The summed E-state index contributed by atoms with van der Waals surface area (Å²) in [6.45, 7) is 2.28. The van der Waals surface area contributed by atoms with Crippen molar-refractivity contribution >= 4 is 5.91 Å². The highest BCUT2D eigenvalue weighted by Crippen LogP contribution is 2.22. The molecule has 0 aliphatic heterocycles. The molecule has 0 fully saturated rings. The maximum atomic E-state index is 13.8. The lowest BCUT2D eigenvalue weighted by Gasteiger charge is -2.24. The number of benzene rings is 2. The molecule has 2 aromatic rings. The zero-order chi connectivity index (χ0) is 16.8. The second kappa shape index (κ2) is 7.83. The lowest BCUT2D eigenvalue weighted by molar-refractivity contribution is -0.122. The van der Waals surface area contributed by atoms with Crippen LogP contribution >= 0.6 is 0 Å². The number of hydrogen-bond acceptors (Lipinski definition) is 2. The Kier molecular flexibility index (Phi) is 5.82. The van der Waals surface area contributed by atoms with Crippen LogP contribution in [0.25, 0.3) is 0 Å². The molecule has 0 aliphatic rings. The lowest BCUT2D eigenvalue weighted by Crippen LogP contribution is -2.36. The second-order valence-corrected chi connectivity index (χ2v) is 5.52. The van der Waals surface area contributed by atoms with E-state index in [1.807, 2.05) is 30.3 Å². The number of hydrogen-bond donors (Lipinski definition) is 1. The maximum Gasteiger partial charge on any atom is 0.234 e. The van der Waals surface area contributed by atoms with E-state index in [-0.39, 0.29) is 18.0 Å². The minimum absolute atomic E-state index is 0.101. The third-order valence-corrected chi connectivity index (χ3v) is 3.79. The van der Waals surface area contributed by atoms with Crippen molar-refractivity contribution in [2.75, 3.05) is 13.6 Å². The molecule has 0 saturated carbocycles. The molecule has 0 aliphatic carbocycles. The zero-order valence-corrected chi connectivity index (χ0v) is 13.2. The number of nitrogens with one attached hydrogen (secondary N) is 1. The van der Waals surface area contributed by atoms with Crippen LogP contribution in [0.1, 0.15) is 24.1 Å². The van der Waals surface area contributed by atoms with E-state index in [0.29, 0.717) is 6.54 Å². The van der Waals surface area contributed by atoms with Gasteiger partial charge in [-0.25, -0.2) is 8.78 Å². The number of rotatable bonds is 6. The summed E-state index contributed by atoms with van der Waals surface area (Å²) in [6.07, 6.45) is 0. The minimum Gasteiger partial charge on any atom is -0.351 e. The number of carbonyl (C=O) groups excluding carboxylic acids is 1. The summed E-state index contributed by atoms with van der Waals surface area (Å²) in [4.78, 5) is 13.7. The van der Waals surface area contributed by atoms with Crippen molar-refractivity contribution in [1.82, 2.24) is 10.2 Å². The van der Waals surface area contributed by atoms with Gasteiger partial charge in [-0.3, -0.25) is 9.69 Å². The van der Waals surface area contributed by atoms with Crippen molar-refractivity contribution in [2.45, 2.75) is 19.5 Å². The summed E-state index contributed by atoms with van der Waals surface area (Å²) in [5.74, 6) is -1.13. The number of likely N-dealkylation sites (N-methyl/N-ethyl adjacent to an activating group) is 1. The van der Waals surface area contributed by atoms with Crippen LogP contribution < -0.4 is 5.32 Å². The predicted molar refractivity (Wildman–Crippen MR) is 85.7 cm³/mol. The number of nitrogens with zero attached hydrogens (tertiary/aromatic N) is 1. The molecule has 23 heavy (non-hydrogen) atoms. The first kappa shape index (κ1) is 17.1. The molecule has 0 spiro atoms. The molecule has 0 bridgehead atoms. The van der Waals surface area contributed by atoms with Crippen LogP contribution in [0, 0.1) is 11.6 Å². The van der Waals surface area contributed by atoms with Gasteiger partial charge in [-0.2, -0.15) is 0 Å². The molecule has 1 unspecified atom stereocenters. The highest BCUT2D eigenvalue weighted by Gasteiger charge is 2.18. The molecule has 1 N–H and O–H groups in total. The molecule has 5 heteroatoms. The van der Waals surface area contributed by atoms with Crippen molar-refractivity contribution in [3.8, 4) is 0 Å². The Balaban J connectivity index is 1.91. The van der Waals surface area contributed by atoms with Gasteiger partial charge in [0.05, 0.1) is 6.54 Å². The smallest absolute Gasteiger partial charge is 0.234 e. The van der Waals surface area contributed by atoms with Gasteiger partial charge in [0.25, 0.3) is 0 Å². The Hall–Kier alpha value is -2.27. The Bertz CT molecular complexity index is 661. The maximum absolute atomic E-state index is 13.8. The van der Waals surface area contributed by atoms with Crippen LogP contribution in [0.4, 0.5) is 8.78 Å². The van der Waals surface area contributed by atoms with E-state index in [1.165, 1.54) is 6.07 Å². The summed E-state index contributed by atoms with van der Waals surface area (Å²) in [5.41, 5.74) is 1.25. The zero-order valence-electron chi connectivity index (χ0n) is 13.2. The quantitative estimate of drug-likeness (QED) is 0.886. The molecule has 0 radical (unpaired) electrons. The van der Waals surface area contributed by atoms with Crippen molar-refractivity contribution in [3.05, 3.63) is 71.3 Å². The highest BCUT2D eigenvalue weighted by molar-refractivity contribution is 5.78. The Morgan fingerprint density at radius 2 is 1.87 bits per heavy atom. The molecule has 2 rings (SSSR count). The van der Waals surface area contributed by atoms with Gasteiger partial charge in [0.15, 0.2) is 0 Å². The summed E-state index contributed by atoms with van der Waals surface area (Å²) in [6, 6.07) is 12.5. The van der Waals surface area contributed by atoms with Gasteiger partial charge < -0.3 is 5.32 Å². The van der Waals surface area contributed by atoms with Crippen LogP contribution in [0.5, 0.6) is 0 Å². The summed E-state index contributed by atoms with van der Waals surface area (Å²) in [5, 5.41) is 2.81. The largest absolute Gasteiger partial charge is 0.351 e. The molecule has 0 heterocycles. The van der Waals surface area contributed by atoms with E-state index in [9.17, 15) is 13.6 Å². The summed E-state index contributed by atoms with van der Waals surface area (Å²) in [7, 11) is 1.71. The summed E-state index contributed by atoms with van der Waals surface area (Å²) >= 11 is 0. The average Bonchev–Trinajstić information content (AvgIpc) is 2.55. The van der Waals surface area contributed by atoms with Crippen LogP contribution in [-0.2, 0) is 11.3 Å². The van der Waals surface area contributed by atoms with Crippen molar-refractivity contribution in [3.63, 3.8) is 0 Å². The SMILES string of the molecule is CC(c1cc(F)ccc1F)N(C)CC(=O)NCc1ccccc1. The van der Waals surface area contributed by atoms with E-state index in [2.05, 4.69) is 5.32 Å². The fourth-order valence-corrected chi connectivity index (χ4v) is 2.29. The normalized spacial score (nSPS) is 12.2. The Morgan fingerprint density at radius 1 is 1.17 bits per heavy atom. The van der Waals surface area contributed by atoms with E-state index < -0.39 is 17.7 Å². The van der Waals surface area contributed by atoms with Gasteiger partial charge in [0, 0.05) is 18.2 Å². The molecular weight excluding hydrogens is 298 g/mol. The van der Waals surface area contributed by atoms with Gasteiger partial charge in [-0.1, -0.05) is 30.3 Å². The van der Waals surface area contributed by atoms with E-state index >= 15 is 0 Å². The number of halogens is 2. The lowest BCUT2D eigenvalue weighted by atomic mass is 10.1. The topological polar surface area (TPSA) is 32.3 Å². The summed E-state index contributed by atoms with van der Waals surface area (Å²) < 4.78 is 27.1. The Morgan fingerprint density at radius 3 is 2.57 bits per heavy atom. The monoisotopic (exact) mass is 318 g/mol. The van der Waals surface area contributed by atoms with Gasteiger partial charge in [0.2, 0.25) is 5.91 Å². The molecule has 1 amide bonds. The average molecular weight is 318 g/mol. The van der Waals surface area contributed by atoms with Gasteiger partial charge in [-0.05, 0) is 37.7 Å². The third-order valence-electron chi connectivity index (χ3n) is 3.79. The molecule has 1 atom stereocenters. The van der Waals surface area contributed by atoms with Crippen LogP contribution in [-0.4, -0.2) is 24.4 Å². The van der Waals surface area contributed by atoms with Gasteiger partial charge >= 0.3 is 0 Å². The minimum atomic E-state index is -0.491. The molecule has 0 aromatic heterocycles. The predicted octanol–water partition coefficient (Wildman–Crippen LogP) is 3.27. The van der Waals surface area contributed by atoms with Crippen LogP contribution in [0.15, 0.2) is 48.5 Å². The van der Waals surface area contributed by atoms with Crippen LogP contribution in [0.2, 0.25) is 0 Å². The van der Waals surface area contributed by atoms with E-state index in [1.54, 1.807) is 18.9 Å². The van der Waals surface area contributed by atoms with Gasteiger partial charge in [0.1, 0.15) is 11.6 Å². The molecule has 2 aromatic carbocycles. The second-order valence-electron chi connectivity index (χ2n) is 5.52. The molecule has 122 valence electrons. The number of amides is 1. The van der Waals surface area contributed by atoms with Crippen molar-refractivity contribution < 1.29 is 13.6 Å². The third kappa shape index (κ3) is 4.86. The first-order valence-electron chi connectivity index (χ1n) is 7.43. The molecule has 0 saturated heterocycles. The molecule has 3 nitrogen and oxygen atoms in total. The van der Waals surface area contributed by atoms with E-state index in [4.69, 9.17) is 0 Å². The number of carbonyl (C=O) groups is 1. The van der Waals surface area contributed by atoms with E-state index in [0.717, 1.165) is 17.7 Å². The first-order valence-corrected chi connectivity index (χ1v) is 7.43. The fraction of sp³-hybridized carbons (Fsp3) is 0.278. The highest BCUT2D eigenvalue weighted by atomic mass is 19.1. The standard InChI is InChI=1S/C18H20F2N2O/c1-13(16-10-15(19)8-9-17(16)20)22(2)12-18(23)21-11-14-6-4-3-5-7-14/h3-10,13H,11-12H2,1-2H3,(H,21,23). The molecular formula is C18H20F2N2O. The fourth-order valence-electron chi connectivity index (χ4n) is 2.29. The Labute approximate surface area is 134 Å². The van der Waals surface area contributed by atoms with Crippen LogP contribution in [0.3, 0.4) is 0 Å². The van der Waals surface area contributed by atoms with Crippen molar-refractivity contribution in [2.24, 2.45) is 0 Å². The van der Waals surface area contributed by atoms with Crippen molar-refractivity contribution in [1.29, 1.82) is 0 Å². The first-order chi connectivity index (χ1) is 11.0.